The molecule has 3 aromatic rings. The van der Waals surface area contributed by atoms with E-state index in [2.05, 4.69) is 0 Å². The van der Waals surface area contributed by atoms with Crippen LogP contribution in [0.1, 0.15) is 41.5 Å². The van der Waals surface area contributed by atoms with E-state index in [-0.39, 0.29) is 32.1 Å². The van der Waals surface area contributed by atoms with Crippen molar-refractivity contribution in [2.24, 2.45) is 0 Å². The summed E-state index contributed by atoms with van der Waals surface area (Å²) < 4.78 is 22.3. The molecule has 1 aromatic heterocycles. The normalized spacial score (nSPS) is 17.4. The number of carbonyl (C=O) groups is 1. The predicted molar refractivity (Wildman–Crippen MR) is 127 cm³/mol. The molecule has 0 fully saturated rings. The number of fused-ring (bicyclic) bond motifs is 5. The van der Waals surface area contributed by atoms with Crippen LogP contribution in [-0.2, 0) is 0 Å². The number of amides is 1. The van der Waals surface area contributed by atoms with E-state index < -0.39 is 28.9 Å². The summed E-state index contributed by atoms with van der Waals surface area (Å²) in [5.41, 5.74) is 0.644. The summed E-state index contributed by atoms with van der Waals surface area (Å²) >= 11 is 0. The molecule has 0 saturated heterocycles. The monoisotopic (exact) mass is 463 g/mol. The van der Waals surface area contributed by atoms with E-state index in [1.54, 1.807) is 23.1 Å². The largest absolute Gasteiger partial charge is 0.502 e. The van der Waals surface area contributed by atoms with Gasteiger partial charge in [-0.2, -0.15) is 0 Å². The van der Waals surface area contributed by atoms with Gasteiger partial charge in [-0.15, -0.1) is 0 Å². The number of para-hydroxylation sites is 1. The van der Waals surface area contributed by atoms with Crippen LogP contribution in [0.2, 0.25) is 0 Å². The average molecular weight is 464 g/mol. The van der Waals surface area contributed by atoms with Gasteiger partial charge >= 0.3 is 0 Å². The Hall–Kier alpha value is -4.07. The highest BCUT2D eigenvalue weighted by Crippen LogP contribution is 2.38. The fraction of sp³-hybridized carbons (Fsp3) is 0.231. The molecule has 8 heteroatoms. The van der Waals surface area contributed by atoms with Gasteiger partial charge in [0.15, 0.2) is 23.0 Å². The van der Waals surface area contributed by atoms with Crippen molar-refractivity contribution in [3.05, 3.63) is 106 Å². The second kappa shape index (κ2) is 9.43. The molecule has 7 nitrogen and oxygen atoms in total. The third-order valence-corrected chi connectivity index (χ3v) is 5.90. The van der Waals surface area contributed by atoms with Gasteiger partial charge in [0.2, 0.25) is 5.43 Å². The maximum atomic E-state index is 15.0. The third-order valence-electron chi connectivity index (χ3n) is 5.90. The average Bonchev–Trinajstić information content (AvgIpc) is 2.81. The Morgan fingerprint density at radius 3 is 2.59 bits per heavy atom. The highest BCUT2D eigenvalue weighted by Gasteiger charge is 2.37. The molecule has 2 aliphatic heterocycles. The van der Waals surface area contributed by atoms with Crippen molar-refractivity contribution in [2.45, 2.75) is 19.9 Å². The summed E-state index contributed by atoms with van der Waals surface area (Å²) in [6.45, 7) is 0.733. The van der Waals surface area contributed by atoms with E-state index in [0.29, 0.717) is 18.5 Å². The summed E-state index contributed by atoms with van der Waals surface area (Å²) in [6.07, 6.45) is 5.66. The number of aromatic hydroxyl groups is 1. The lowest BCUT2D eigenvalue weighted by molar-refractivity contribution is 0.0682. The Kier molecular flexibility index (Phi) is 6.40. The highest BCUT2D eigenvalue weighted by molar-refractivity contribution is 5.96. The molecule has 1 atom stereocenters. The number of ether oxygens (including phenoxy) is 1. The predicted octanol–water partition coefficient (Wildman–Crippen LogP) is 3.81. The molecule has 3 heterocycles. The van der Waals surface area contributed by atoms with Gasteiger partial charge in [-0.25, -0.2) is 4.39 Å². The first-order valence-electron chi connectivity index (χ1n) is 10.7. The van der Waals surface area contributed by atoms with Crippen molar-refractivity contribution in [1.29, 1.82) is 0 Å². The molecule has 0 saturated carbocycles. The molecule has 0 radical (unpaired) electrons. The number of benzene rings is 2. The summed E-state index contributed by atoms with van der Waals surface area (Å²) in [5, 5.41) is 12.4. The molecular formula is C26H26FN3O4. The van der Waals surface area contributed by atoms with Crippen molar-refractivity contribution < 1.29 is 19.0 Å². The van der Waals surface area contributed by atoms with Gasteiger partial charge in [0.1, 0.15) is 19.3 Å². The van der Waals surface area contributed by atoms with Crippen LogP contribution in [-0.4, -0.2) is 40.4 Å². The van der Waals surface area contributed by atoms with E-state index in [9.17, 15) is 19.1 Å². The molecule has 0 unspecified atom stereocenters. The minimum atomic E-state index is -0.636. The Balaban J connectivity index is 0.00000274. The van der Waals surface area contributed by atoms with Crippen LogP contribution in [0, 0.1) is 5.82 Å². The van der Waals surface area contributed by atoms with Crippen LogP contribution >= 0.6 is 0 Å². The van der Waals surface area contributed by atoms with E-state index in [4.69, 9.17) is 4.74 Å². The van der Waals surface area contributed by atoms with E-state index in [0.717, 1.165) is 5.56 Å². The fourth-order valence-corrected chi connectivity index (χ4v) is 4.35. The number of rotatable bonds is 1. The maximum absolute atomic E-state index is 15.0. The highest BCUT2D eigenvalue weighted by atomic mass is 19.1. The summed E-state index contributed by atoms with van der Waals surface area (Å²) in [6, 6.07) is 14.9. The Bertz CT molecular complexity index is 1290. The second-order valence-electron chi connectivity index (χ2n) is 7.91. The quantitative estimate of drug-likeness (QED) is 0.556. The topological polar surface area (TPSA) is 75.0 Å². The summed E-state index contributed by atoms with van der Waals surface area (Å²) in [5.74, 6) is -1.42. The number of hydrogen-bond acceptors (Lipinski definition) is 5. The first-order chi connectivity index (χ1) is 16.1. The molecule has 1 N–H and O–H groups in total. The van der Waals surface area contributed by atoms with Crippen molar-refractivity contribution in [1.82, 2.24) is 9.58 Å². The molecule has 0 aliphatic carbocycles. The molecule has 5 rings (SSSR count). The van der Waals surface area contributed by atoms with Crippen LogP contribution in [0.25, 0.3) is 0 Å². The number of pyridine rings is 1. The number of nitrogens with zero attached hydrogens (tertiary/aromatic N) is 3. The van der Waals surface area contributed by atoms with Gasteiger partial charge in [0.05, 0.1) is 0 Å². The van der Waals surface area contributed by atoms with Gasteiger partial charge in [-0.05, 0) is 18.1 Å². The lowest BCUT2D eigenvalue weighted by Gasteiger charge is -2.44. The third kappa shape index (κ3) is 3.91. The van der Waals surface area contributed by atoms with Crippen molar-refractivity contribution in [3.8, 4) is 11.5 Å². The zero-order chi connectivity index (χ0) is 22.9. The summed E-state index contributed by atoms with van der Waals surface area (Å²) in [4.78, 5) is 27.0. The fourth-order valence-electron chi connectivity index (χ4n) is 4.35. The van der Waals surface area contributed by atoms with Crippen LogP contribution < -0.4 is 15.2 Å². The van der Waals surface area contributed by atoms with Gasteiger partial charge in [0.25, 0.3) is 5.91 Å². The molecule has 2 aliphatic rings. The number of halogens is 1. The Morgan fingerprint density at radius 2 is 1.79 bits per heavy atom. The lowest BCUT2D eigenvalue weighted by Crippen LogP contribution is -2.55. The Morgan fingerprint density at radius 1 is 1.00 bits per heavy atom. The first-order valence-corrected chi connectivity index (χ1v) is 10.7. The van der Waals surface area contributed by atoms with Crippen molar-refractivity contribution in [3.63, 3.8) is 0 Å². The minimum Gasteiger partial charge on any atom is -0.502 e. The molecular weight excluding hydrogens is 437 g/mol. The second-order valence-corrected chi connectivity index (χ2v) is 7.91. The Labute approximate surface area is 196 Å². The van der Waals surface area contributed by atoms with Gasteiger partial charge in [0, 0.05) is 24.4 Å². The minimum absolute atomic E-state index is 0. The number of hydrogen-bond donors (Lipinski definition) is 1. The van der Waals surface area contributed by atoms with Crippen molar-refractivity contribution >= 4 is 5.91 Å². The molecule has 2 bridgehead atoms. The summed E-state index contributed by atoms with van der Waals surface area (Å²) in [7, 11) is 0. The lowest BCUT2D eigenvalue weighted by atomic mass is 9.96. The van der Waals surface area contributed by atoms with Gasteiger partial charge in [-0.1, -0.05) is 62.0 Å². The molecule has 176 valence electrons. The standard InChI is InChI=1S/C25H22FN3O4.CH4/c26-19-11-7-10-18-21(17-8-3-1-4-9-17)29-16-27(13-5-2-6-15-33-24(18)19)25(32)22-23(31)20(30)12-14-28(22)29;/h1-4,6-12,14,21,31H,5,13,15-16H2;1H4/t21-;/m1./s1. The maximum Gasteiger partial charge on any atom is 0.277 e. The zero-order valence-electron chi connectivity index (χ0n) is 17.7. The van der Waals surface area contributed by atoms with Crippen LogP contribution in [0.5, 0.6) is 11.5 Å². The van der Waals surface area contributed by atoms with Gasteiger partial charge < -0.3 is 14.7 Å². The SMILES string of the molecule is C.O=C1c2c(O)c(=O)ccn2N2CN1CCC=CCOc1c(F)cccc1[C@H]2c1ccccc1. The molecule has 34 heavy (non-hydrogen) atoms. The first kappa shape index (κ1) is 23.1. The molecule has 1 amide bonds. The zero-order valence-corrected chi connectivity index (χ0v) is 17.7. The van der Waals surface area contributed by atoms with Crippen LogP contribution in [0.15, 0.2) is 77.7 Å². The molecule has 0 spiro atoms. The van der Waals surface area contributed by atoms with E-state index in [1.165, 1.54) is 23.0 Å². The van der Waals surface area contributed by atoms with Crippen LogP contribution in [0.3, 0.4) is 0 Å². The number of carbonyl (C=O) groups excluding carboxylic acids is 1. The number of aromatic nitrogens is 1. The molecule has 2 aromatic carbocycles. The smallest absolute Gasteiger partial charge is 0.277 e. The van der Waals surface area contributed by atoms with E-state index >= 15 is 0 Å². The van der Waals surface area contributed by atoms with Gasteiger partial charge in [-0.3, -0.25) is 19.3 Å². The van der Waals surface area contributed by atoms with Crippen LogP contribution in [0.4, 0.5) is 4.39 Å². The van der Waals surface area contributed by atoms with E-state index in [1.807, 2.05) is 41.4 Å². The van der Waals surface area contributed by atoms with Crippen molar-refractivity contribution in [2.75, 3.05) is 24.8 Å².